The van der Waals surface area contributed by atoms with E-state index in [1.165, 1.54) is 0 Å². The summed E-state index contributed by atoms with van der Waals surface area (Å²) in [6.07, 6.45) is 0. The Morgan fingerprint density at radius 1 is 1.30 bits per heavy atom. The highest BCUT2D eigenvalue weighted by molar-refractivity contribution is 7.80. The van der Waals surface area contributed by atoms with E-state index in [9.17, 15) is 0 Å². The third kappa shape index (κ3) is 3.67. The van der Waals surface area contributed by atoms with Crippen LogP contribution in [0, 0.1) is 5.92 Å². The van der Waals surface area contributed by atoms with Crippen LogP contribution in [0.1, 0.15) is 20.8 Å². The van der Waals surface area contributed by atoms with Crippen LogP contribution in [0.25, 0.3) is 0 Å². The highest BCUT2D eigenvalue weighted by atomic mass is 32.1. The maximum absolute atomic E-state index is 4.93. The van der Waals surface area contributed by atoms with E-state index in [1.807, 2.05) is 7.05 Å². The van der Waals surface area contributed by atoms with E-state index in [0.717, 1.165) is 5.11 Å². The van der Waals surface area contributed by atoms with Gasteiger partial charge in [0, 0.05) is 13.1 Å². The molecular formula is C7H16N2S. The van der Waals surface area contributed by atoms with Gasteiger partial charge in [-0.3, -0.25) is 0 Å². The Labute approximate surface area is 68.4 Å². The van der Waals surface area contributed by atoms with Crippen molar-refractivity contribution in [2.75, 3.05) is 7.05 Å². The molecule has 0 aliphatic heterocycles. The summed E-state index contributed by atoms with van der Waals surface area (Å²) in [4.78, 5) is 0. The fourth-order valence-corrected chi connectivity index (χ4v) is 0.632. The van der Waals surface area contributed by atoms with E-state index in [2.05, 4.69) is 31.4 Å². The number of nitrogens with one attached hydrogen (secondary N) is 2. The lowest BCUT2D eigenvalue weighted by atomic mass is 10.1. The second-order valence-electron chi connectivity index (χ2n) is 2.76. The highest BCUT2D eigenvalue weighted by Gasteiger charge is 2.05. The molecule has 10 heavy (non-hydrogen) atoms. The van der Waals surface area contributed by atoms with Crippen molar-refractivity contribution in [3.05, 3.63) is 0 Å². The van der Waals surface area contributed by atoms with Crippen molar-refractivity contribution in [2.45, 2.75) is 26.8 Å². The normalized spacial score (nSPS) is 12.9. The van der Waals surface area contributed by atoms with E-state index >= 15 is 0 Å². The van der Waals surface area contributed by atoms with Crippen LogP contribution in [0.5, 0.6) is 0 Å². The first kappa shape index (κ1) is 9.69. The third-order valence-electron chi connectivity index (χ3n) is 1.59. The van der Waals surface area contributed by atoms with Crippen molar-refractivity contribution in [3.8, 4) is 0 Å². The van der Waals surface area contributed by atoms with Gasteiger partial charge in [0.05, 0.1) is 0 Å². The van der Waals surface area contributed by atoms with Crippen LogP contribution in [0.4, 0.5) is 0 Å². The summed E-state index contributed by atoms with van der Waals surface area (Å²) < 4.78 is 0. The largest absolute Gasteiger partial charge is 0.366 e. The zero-order chi connectivity index (χ0) is 8.15. The highest BCUT2D eigenvalue weighted by Crippen LogP contribution is 1.98. The lowest BCUT2D eigenvalue weighted by Crippen LogP contribution is -2.41. The molecule has 0 aliphatic rings. The summed E-state index contributed by atoms with van der Waals surface area (Å²) in [5.41, 5.74) is 0. The van der Waals surface area contributed by atoms with Crippen LogP contribution < -0.4 is 10.6 Å². The van der Waals surface area contributed by atoms with Crippen molar-refractivity contribution >= 4 is 17.3 Å². The first-order chi connectivity index (χ1) is 4.57. The Morgan fingerprint density at radius 3 is 2.10 bits per heavy atom. The minimum Gasteiger partial charge on any atom is -0.366 e. The second-order valence-corrected chi connectivity index (χ2v) is 3.16. The summed E-state index contributed by atoms with van der Waals surface area (Å²) >= 11 is 4.93. The van der Waals surface area contributed by atoms with Gasteiger partial charge in [0.1, 0.15) is 0 Å². The number of hydrogen-bond donors (Lipinski definition) is 2. The average Bonchev–Trinajstić information content (AvgIpc) is 1.87. The summed E-state index contributed by atoms with van der Waals surface area (Å²) in [6.45, 7) is 6.44. The predicted molar refractivity (Wildman–Crippen MR) is 49.1 cm³/mol. The Morgan fingerprint density at radius 2 is 1.80 bits per heavy atom. The summed E-state index contributed by atoms with van der Waals surface area (Å²) in [5.74, 6) is 0.617. The molecule has 2 N–H and O–H groups in total. The molecule has 0 aromatic carbocycles. The minimum atomic E-state index is 0.444. The summed E-state index contributed by atoms with van der Waals surface area (Å²) in [5, 5.41) is 6.74. The van der Waals surface area contributed by atoms with Crippen LogP contribution in [0.15, 0.2) is 0 Å². The molecule has 0 aliphatic carbocycles. The van der Waals surface area contributed by atoms with Crippen molar-refractivity contribution in [3.63, 3.8) is 0 Å². The van der Waals surface area contributed by atoms with Crippen LogP contribution in [0.3, 0.4) is 0 Å². The molecule has 0 amide bonds. The topological polar surface area (TPSA) is 24.1 Å². The molecule has 3 heteroatoms. The molecule has 0 heterocycles. The zero-order valence-electron chi connectivity index (χ0n) is 7.06. The van der Waals surface area contributed by atoms with Crippen molar-refractivity contribution in [2.24, 2.45) is 5.92 Å². The molecule has 0 radical (unpaired) electrons. The maximum Gasteiger partial charge on any atom is 0.166 e. The van der Waals surface area contributed by atoms with Crippen LogP contribution >= 0.6 is 12.2 Å². The number of thiocarbonyl (C=S) groups is 1. The molecule has 0 spiro atoms. The minimum absolute atomic E-state index is 0.444. The maximum atomic E-state index is 4.93. The molecule has 60 valence electrons. The van der Waals surface area contributed by atoms with Gasteiger partial charge < -0.3 is 10.6 Å². The van der Waals surface area contributed by atoms with Gasteiger partial charge in [-0.15, -0.1) is 0 Å². The van der Waals surface area contributed by atoms with Gasteiger partial charge in [-0.05, 0) is 25.1 Å². The standard InChI is InChI=1S/C7H16N2S/c1-5(2)6(3)9-7(10)8-4/h5-6H,1-4H3,(H2,8,9,10). The second kappa shape index (κ2) is 4.50. The van der Waals surface area contributed by atoms with Crippen molar-refractivity contribution in [1.29, 1.82) is 0 Å². The molecule has 1 atom stereocenters. The van der Waals surface area contributed by atoms with E-state index < -0.39 is 0 Å². The van der Waals surface area contributed by atoms with Gasteiger partial charge in [0.15, 0.2) is 5.11 Å². The first-order valence-electron chi connectivity index (χ1n) is 3.56. The molecule has 0 fully saturated rings. The van der Waals surface area contributed by atoms with Gasteiger partial charge in [0.2, 0.25) is 0 Å². The van der Waals surface area contributed by atoms with E-state index in [-0.39, 0.29) is 0 Å². The monoisotopic (exact) mass is 160 g/mol. The fraction of sp³-hybridized carbons (Fsp3) is 0.857. The van der Waals surface area contributed by atoms with Crippen LogP contribution in [-0.4, -0.2) is 18.2 Å². The zero-order valence-corrected chi connectivity index (χ0v) is 7.88. The third-order valence-corrected chi connectivity index (χ3v) is 1.91. The number of hydrogen-bond acceptors (Lipinski definition) is 1. The quantitative estimate of drug-likeness (QED) is 0.592. The predicted octanol–water partition coefficient (Wildman–Crippen LogP) is 1.12. The lowest BCUT2D eigenvalue weighted by molar-refractivity contribution is 0.486. The molecule has 1 unspecified atom stereocenters. The Kier molecular flexibility index (Phi) is 4.36. The molecule has 0 saturated carbocycles. The summed E-state index contributed by atoms with van der Waals surface area (Å²) in [7, 11) is 1.82. The van der Waals surface area contributed by atoms with Crippen molar-refractivity contribution in [1.82, 2.24) is 10.6 Å². The van der Waals surface area contributed by atoms with Gasteiger partial charge >= 0.3 is 0 Å². The molecular weight excluding hydrogens is 144 g/mol. The smallest absolute Gasteiger partial charge is 0.166 e. The summed E-state index contributed by atoms with van der Waals surface area (Å²) in [6, 6.07) is 0.444. The molecule has 0 aromatic heterocycles. The first-order valence-corrected chi connectivity index (χ1v) is 3.97. The van der Waals surface area contributed by atoms with E-state index in [0.29, 0.717) is 12.0 Å². The fourth-order valence-electron chi connectivity index (χ4n) is 0.446. The van der Waals surface area contributed by atoms with Gasteiger partial charge in [-0.2, -0.15) is 0 Å². The van der Waals surface area contributed by atoms with Gasteiger partial charge in [-0.25, -0.2) is 0 Å². The Balaban J connectivity index is 3.57. The lowest BCUT2D eigenvalue weighted by Gasteiger charge is -2.18. The molecule has 0 saturated heterocycles. The molecule has 2 nitrogen and oxygen atoms in total. The van der Waals surface area contributed by atoms with E-state index in [1.54, 1.807) is 0 Å². The molecule has 0 aromatic rings. The number of rotatable bonds is 2. The van der Waals surface area contributed by atoms with Crippen LogP contribution in [0.2, 0.25) is 0 Å². The molecule has 0 rings (SSSR count). The Hall–Kier alpha value is -0.310. The SMILES string of the molecule is CNC(=S)NC(C)C(C)C. The molecule has 0 bridgehead atoms. The van der Waals surface area contributed by atoms with Gasteiger partial charge in [0.25, 0.3) is 0 Å². The van der Waals surface area contributed by atoms with Crippen LogP contribution in [-0.2, 0) is 0 Å². The average molecular weight is 160 g/mol. The van der Waals surface area contributed by atoms with Crippen molar-refractivity contribution < 1.29 is 0 Å². The Bertz CT molecular complexity index is 112. The van der Waals surface area contributed by atoms with Gasteiger partial charge in [-0.1, -0.05) is 13.8 Å². The van der Waals surface area contributed by atoms with E-state index in [4.69, 9.17) is 12.2 Å².